The molecule has 4 rings (SSSR count). The van der Waals surface area contributed by atoms with E-state index in [-0.39, 0.29) is 11.9 Å². The lowest BCUT2D eigenvalue weighted by Gasteiger charge is -2.11. The smallest absolute Gasteiger partial charge is 0.197 e. The molecule has 4 aromatic rings. The molecule has 0 aliphatic carbocycles. The number of nitrogens with one attached hydrogen (secondary N) is 1. The second-order valence-electron chi connectivity index (χ2n) is 7.59. The van der Waals surface area contributed by atoms with E-state index in [9.17, 15) is 5.11 Å². The van der Waals surface area contributed by atoms with Gasteiger partial charge in [-0.15, -0.1) is 0 Å². The molecule has 30 heavy (non-hydrogen) atoms. The monoisotopic (exact) mass is 425 g/mol. The normalized spacial score (nSPS) is 11.6. The second kappa shape index (κ2) is 8.53. The Hall–Kier alpha value is -2.77. The molecule has 0 aliphatic rings. The summed E-state index contributed by atoms with van der Waals surface area (Å²) in [6.45, 7) is 7.65. The van der Waals surface area contributed by atoms with Crippen LogP contribution in [-0.2, 0) is 4.74 Å². The van der Waals surface area contributed by atoms with Crippen LogP contribution in [0, 0.1) is 6.92 Å². The number of benzene rings is 2. The molecule has 7 heteroatoms. The van der Waals surface area contributed by atoms with Gasteiger partial charge in [0.25, 0.3) is 0 Å². The Morgan fingerprint density at radius 3 is 2.77 bits per heavy atom. The Morgan fingerprint density at radius 2 is 2.03 bits per heavy atom. The number of aryl methyl sites for hydroxylation is 1. The molecule has 158 valence electrons. The van der Waals surface area contributed by atoms with Crippen molar-refractivity contribution < 1.29 is 14.6 Å². The van der Waals surface area contributed by atoms with E-state index in [0.29, 0.717) is 12.4 Å². The number of aromatic hydroxyl groups is 1. The van der Waals surface area contributed by atoms with E-state index in [4.69, 9.17) is 14.5 Å². The Balaban J connectivity index is 1.75. The first-order valence-electron chi connectivity index (χ1n) is 10.1. The van der Waals surface area contributed by atoms with E-state index in [1.807, 2.05) is 19.9 Å². The number of phenols is 1. The number of phenolic OH excluding ortho intramolecular Hbond substituents is 1. The van der Waals surface area contributed by atoms with Crippen molar-refractivity contribution in [3.63, 3.8) is 0 Å². The molecular weight excluding hydrogens is 398 g/mol. The summed E-state index contributed by atoms with van der Waals surface area (Å²) >= 11 is 1.66. The van der Waals surface area contributed by atoms with E-state index < -0.39 is 0 Å². The van der Waals surface area contributed by atoms with Crippen molar-refractivity contribution in [1.82, 2.24) is 9.38 Å². The highest BCUT2D eigenvalue weighted by Gasteiger charge is 2.19. The van der Waals surface area contributed by atoms with Gasteiger partial charge >= 0.3 is 0 Å². The van der Waals surface area contributed by atoms with Crippen molar-refractivity contribution in [2.45, 2.75) is 33.3 Å². The fourth-order valence-corrected chi connectivity index (χ4v) is 4.60. The first-order chi connectivity index (χ1) is 14.5. The van der Waals surface area contributed by atoms with E-state index in [2.05, 4.69) is 34.8 Å². The summed E-state index contributed by atoms with van der Waals surface area (Å²) in [4.78, 5) is 5.83. The summed E-state index contributed by atoms with van der Waals surface area (Å²) in [6, 6.07) is 11.8. The summed E-state index contributed by atoms with van der Waals surface area (Å²) in [6.07, 6.45) is 1.12. The number of anilines is 1. The predicted molar refractivity (Wildman–Crippen MR) is 123 cm³/mol. The van der Waals surface area contributed by atoms with E-state index in [1.165, 1.54) is 10.3 Å². The van der Waals surface area contributed by atoms with Crippen molar-refractivity contribution >= 4 is 32.3 Å². The first kappa shape index (κ1) is 20.5. The fraction of sp³-hybridized carbons (Fsp3) is 0.348. The van der Waals surface area contributed by atoms with Crippen molar-refractivity contribution in [1.29, 1.82) is 0 Å². The van der Waals surface area contributed by atoms with Crippen molar-refractivity contribution in [3.05, 3.63) is 42.0 Å². The highest BCUT2D eigenvalue weighted by atomic mass is 32.1. The topological polar surface area (TPSA) is 68.0 Å². The average molecular weight is 426 g/mol. The van der Waals surface area contributed by atoms with Gasteiger partial charge in [0.05, 0.1) is 23.4 Å². The number of thiazole rings is 1. The highest BCUT2D eigenvalue weighted by molar-refractivity contribution is 7.23. The Kier molecular flexibility index (Phi) is 5.83. The molecule has 0 unspecified atom stereocenters. The number of imidazole rings is 1. The summed E-state index contributed by atoms with van der Waals surface area (Å²) in [7, 11) is 1.54. The van der Waals surface area contributed by atoms with Crippen LogP contribution in [0.1, 0.15) is 25.8 Å². The molecule has 2 N–H and O–H groups in total. The lowest BCUT2D eigenvalue weighted by molar-refractivity contribution is 0.0787. The van der Waals surface area contributed by atoms with Gasteiger partial charge in [-0.2, -0.15) is 0 Å². The number of methoxy groups -OCH3 is 1. The number of ether oxygens (including phenoxy) is 2. The molecule has 0 saturated carbocycles. The quantitative estimate of drug-likeness (QED) is 0.367. The first-order valence-corrected chi connectivity index (χ1v) is 10.9. The SMILES string of the molecule is COc1ccc(-c2nc3sc4cc(C)ccc4n3c2NCCCOC(C)C)cc1O. The highest BCUT2D eigenvalue weighted by Crippen LogP contribution is 2.38. The molecule has 0 aliphatic heterocycles. The van der Waals surface area contributed by atoms with Crippen LogP contribution in [0.25, 0.3) is 26.4 Å². The number of rotatable bonds is 8. The molecular formula is C23H27N3O3S. The van der Waals surface area contributed by atoms with Crippen LogP contribution in [0.3, 0.4) is 0 Å². The van der Waals surface area contributed by atoms with Gasteiger partial charge in [0.1, 0.15) is 11.5 Å². The molecule has 0 bridgehead atoms. The number of hydrogen-bond donors (Lipinski definition) is 2. The molecule has 2 aromatic carbocycles. The van der Waals surface area contributed by atoms with Crippen molar-refractivity contribution in [2.24, 2.45) is 0 Å². The van der Waals surface area contributed by atoms with Crippen LogP contribution in [0.2, 0.25) is 0 Å². The Bertz CT molecular complexity index is 1180. The largest absolute Gasteiger partial charge is 0.504 e. The van der Waals surface area contributed by atoms with Crippen molar-refractivity contribution in [3.8, 4) is 22.8 Å². The molecule has 2 heterocycles. The number of fused-ring (bicyclic) bond motifs is 3. The van der Waals surface area contributed by atoms with Gasteiger partial charge in [0.2, 0.25) is 0 Å². The average Bonchev–Trinajstić information content (AvgIpc) is 3.23. The van der Waals surface area contributed by atoms with E-state index >= 15 is 0 Å². The van der Waals surface area contributed by atoms with Gasteiger partial charge in [0.15, 0.2) is 16.5 Å². The van der Waals surface area contributed by atoms with Crippen LogP contribution >= 0.6 is 11.3 Å². The predicted octanol–water partition coefficient (Wildman–Crippen LogP) is 5.47. The lowest BCUT2D eigenvalue weighted by atomic mass is 10.1. The summed E-state index contributed by atoms with van der Waals surface area (Å²) in [5.74, 6) is 1.47. The third-order valence-corrected chi connectivity index (χ3v) is 5.92. The number of nitrogens with zero attached hydrogens (tertiary/aromatic N) is 2. The molecule has 0 atom stereocenters. The third-order valence-electron chi connectivity index (χ3n) is 4.92. The van der Waals surface area contributed by atoms with Crippen LogP contribution in [-0.4, -0.2) is 40.9 Å². The maximum absolute atomic E-state index is 10.3. The van der Waals surface area contributed by atoms with Gasteiger partial charge in [-0.1, -0.05) is 17.4 Å². The lowest BCUT2D eigenvalue weighted by Crippen LogP contribution is -2.10. The summed E-state index contributed by atoms with van der Waals surface area (Å²) in [5.41, 5.74) is 4.00. The van der Waals surface area contributed by atoms with Crippen LogP contribution in [0.5, 0.6) is 11.5 Å². The van der Waals surface area contributed by atoms with Gasteiger partial charge in [-0.25, -0.2) is 4.98 Å². The minimum atomic E-state index is 0.100. The van der Waals surface area contributed by atoms with Crippen LogP contribution < -0.4 is 10.1 Å². The van der Waals surface area contributed by atoms with Crippen LogP contribution in [0.4, 0.5) is 5.82 Å². The van der Waals surface area contributed by atoms with Crippen molar-refractivity contribution in [2.75, 3.05) is 25.6 Å². The molecule has 0 fully saturated rings. The third kappa shape index (κ3) is 3.95. The standard InChI is InChI=1S/C23H27N3O3S/c1-14(2)29-11-5-10-24-22-21(16-7-9-19(28-4)18(27)13-16)25-23-26(22)17-8-6-15(3)12-20(17)30-23/h6-9,12-14,24,27H,5,10-11H2,1-4H3. The van der Waals surface area contributed by atoms with Gasteiger partial charge in [-0.05, 0) is 63.1 Å². The Labute approximate surface area is 180 Å². The number of aromatic nitrogens is 2. The summed E-state index contributed by atoms with van der Waals surface area (Å²) < 4.78 is 14.2. The molecule has 0 amide bonds. The van der Waals surface area contributed by atoms with Gasteiger partial charge in [-0.3, -0.25) is 4.40 Å². The van der Waals surface area contributed by atoms with E-state index in [1.54, 1.807) is 30.6 Å². The van der Waals surface area contributed by atoms with Crippen LogP contribution in [0.15, 0.2) is 36.4 Å². The Morgan fingerprint density at radius 1 is 1.20 bits per heavy atom. The fourth-order valence-electron chi connectivity index (χ4n) is 3.48. The van der Waals surface area contributed by atoms with Gasteiger partial charge in [0, 0.05) is 18.7 Å². The maximum atomic E-state index is 10.3. The zero-order valence-electron chi connectivity index (χ0n) is 17.7. The molecule has 0 saturated heterocycles. The zero-order chi connectivity index (χ0) is 21.3. The summed E-state index contributed by atoms with van der Waals surface area (Å²) in [5, 5.41) is 13.8. The molecule has 6 nitrogen and oxygen atoms in total. The maximum Gasteiger partial charge on any atom is 0.197 e. The molecule has 0 radical (unpaired) electrons. The number of hydrogen-bond acceptors (Lipinski definition) is 6. The minimum absolute atomic E-state index is 0.100. The zero-order valence-corrected chi connectivity index (χ0v) is 18.5. The molecule has 2 aromatic heterocycles. The molecule has 0 spiro atoms. The minimum Gasteiger partial charge on any atom is -0.504 e. The van der Waals surface area contributed by atoms with E-state index in [0.717, 1.165) is 40.5 Å². The second-order valence-corrected chi connectivity index (χ2v) is 8.60. The van der Waals surface area contributed by atoms with Gasteiger partial charge < -0.3 is 19.9 Å².